The second kappa shape index (κ2) is 4.98. The second-order valence-corrected chi connectivity index (χ2v) is 5.72. The molecule has 3 rings (SSSR count). The molecule has 0 saturated carbocycles. The predicted molar refractivity (Wildman–Crippen MR) is 69.5 cm³/mol. The first-order chi connectivity index (χ1) is 8.77. The molecule has 3 heterocycles. The van der Waals surface area contributed by atoms with Crippen molar-refractivity contribution >= 4 is 0 Å². The highest BCUT2D eigenvalue weighted by molar-refractivity contribution is 5.18. The van der Waals surface area contributed by atoms with Gasteiger partial charge in [-0.3, -0.25) is 4.98 Å². The van der Waals surface area contributed by atoms with Crippen LogP contribution in [-0.4, -0.2) is 30.9 Å². The minimum atomic E-state index is 0.344. The van der Waals surface area contributed by atoms with Crippen LogP contribution in [0.4, 0.5) is 0 Å². The highest BCUT2D eigenvalue weighted by Gasteiger charge is 2.41. The molecule has 1 aromatic rings. The molecule has 0 bridgehead atoms. The van der Waals surface area contributed by atoms with Crippen molar-refractivity contribution in [3.8, 4) is 0 Å². The van der Waals surface area contributed by atoms with Crippen molar-refractivity contribution in [3.05, 3.63) is 29.6 Å². The van der Waals surface area contributed by atoms with Crippen molar-refractivity contribution < 1.29 is 9.47 Å². The minimum Gasteiger partial charge on any atom is -0.381 e. The molecule has 0 amide bonds. The van der Waals surface area contributed by atoms with Gasteiger partial charge in [-0.05, 0) is 37.8 Å². The van der Waals surface area contributed by atoms with Crippen LogP contribution >= 0.6 is 0 Å². The summed E-state index contributed by atoms with van der Waals surface area (Å²) >= 11 is 0. The molecule has 1 atom stereocenters. The number of rotatable bonds is 2. The lowest BCUT2D eigenvalue weighted by Gasteiger charge is -2.31. The van der Waals surface area contributed by atoms with Crippen LogP contribution in [0.3, 0.4) is 0 Å². The Hall–Kier alpha value is -0.930. The van der Waals surface area contributed by atoms with Crippen LogP contribution in [-0.2, 0) is 15.9 Å². The minimum absolute atomic E-state index is 0.344. The Labute approximate surface area is 109 Å². The molecule has 2 aliphatic heterocycles. The first kappa shape index (κ1) is 12.1. The summed E-state index contributed by atoms with van der Waals surface area (Å²) in [4.78, 5) is 4.47. The third-order valence-corrected chi connectivity index (χ3v) is 4.38. The third kappa shape index (κ3) is 2.43. The van der Waals surface area contributed by atoms with Gasteiger partial charge in [0.15, 0.2) is 0 Å². The van der Waals surface area contributed by atoms with Gasteiger partial charge in [0.05, 0.1) is 12.7 Å². The van der Waals surface area contributed by atoms with Gasteiger partial charge < -0.3 is 9.47 Å². The second-order valence-electron chi connectivity index (χ2n) is 5.72. The normalized spacial score (nSPS) is 26.6. The zero-order valence-electron chi connectivity index (χ0n) is 11.0. The quantitative estimate of drug-likeness (QED) is 0.804. The van der Waals surface area contributed by atoms with Gasteiger partial charge in [-0.15, -0.1) is 0 Å². The first-order valence-electron chi connectivity index (χ1n) is 6.87. The molecule has 3 nitrogen and oxygen atoms in total. The fourth-order valence-electron chi connectivity index (χ4n) is 3.13. The van der Waals surface area contributed by atoms with E-state index in [1.165, 1.54) is 17.7 Å². The Kier molecular flexibility index (Phi) is 3.35. The van der Waals surface area contributed by atoms with Crippen molar-refractivity contribution in [1.82, 2.24) is 4.98 Å². The lowest BCUT2D eigenvalue weighted by Crippen LogP contribution is -2.30. The Bertz CT molecular complexity index is 413. The molecule has 0 N–H and O–H groups in total. The van der Waals surface area contributed by atoms with Crippen LogP contribution in [0.1, 0.15) is 30.5 Å². The molecular formula is C15H21NO2. The molecule has 3 heteroatoms. The lowest BCUT2D eigenvalue weighted by molar-refractivity contribution is 0.00696. The number of nitrogens with zero attached hydrogens (tertiary/aromatic N) is 1. The molecule has 0 radical (unpaired) electrons. The average molecular weight is 247 g/mol. The van der Waals surface area contributed by atoms with E-state index in [1.54, 1.807) is 0 Å². The summed E-state index contributed by atoms with van der Waals surface area (Å²) in [5.74, 6) is 0. The molecule has 18 heavy (non-hydrogen) atoms. The summed E-state index contributed by atoms with van der Waals surface area (Å²) in [5, 5.41) is 0. The molecule has 1 aromatic heterocycles. The van der Waals surface area contributed by atoms with Gasteiger partial charge in [-0.1, -0.05) is 6.07 Å². The highest BCUT2D eigenvalue weighted by Crippen LogP contribution is 2.42. The van der Waals surface area contributed by atoms with E-state index < -0.39 is 0 Å². The van der Waals surface area contributed by atoms with Crippen LogP contribution < -0.4 is 0 Å². The summed E-state index contributed by atoms with van der Waals surface area (Å²) in [6, 6.07) is 4.12. The topological polar surface area (TPSA) is 31.4 Å². The molecule has 0 aliphatic carbocycles. The van der Waals surface area contributed by atoms with E-state index in [1.807, 2.05) is 12.3 Å². The zero-order chi connectivity index (χ0) is 12.4. The van der Waals surface area contributed by atoms with Gasteiger partial charge in [-0.2, -0.15) is 0 Å². The predicted octanol–water partition coefficient (Wildman–Crippen LogP) is 2.52. The van der Waals surface area contributed by atoms with Gasteiger partial charge in [0.25, 0.3) is 0 Å². The van der Waals surface area contributed by atoms with E-state index in [9.17, 15) is 0 Å². The van der Waals surface area contributed by atoms with Gasteiger partial charge >= 0.3 is 0 Å². The smallest absolute Gasteiger partial charge is 0.0637 e. The Morgan fingerprint density at radius 3 is 3.00 bits per heavy atom. The van der Waals surface area contributed by atoms with Crippen LogP contribution in [0.15, 0.2) is 18.3 Å². The van der Waals surface area contributed by atoms with Crippen molar-refractivity contribution in [2.75, 3.05) is 19.8 Å². The molecular weight excluding hydrogens is 226 g/mol. The number of hydrogen-bond acceptors (Lipinski definition) is 3. The van der Waals surface area contributed by atoms with E-state index in [-0.39, 0.29) is 0 Å². The summed E-state index contributed by atoms with van der Waals surface area (Å²) in [7, 11) is 0. The van der Waals surface area contributed by atoms with E-state index in [0.717, 1.165) is 39.1 Å². The van der Waals surface area contributed by atoms with Crippen LogP contribution in [0.25, 0.3) is 0 Å². The van der Waals surface area contributed by atoms with Crippen LogP contribution in [0.5, 0.6) is 0 Å². The number of aryl methyl sites for hydroxylation is 1. The fourth-order valence-corrected chi connectivity index (χ4v) is 3.13. The Morgan fingerprint density at radius 1 is 1.39 bits per heavy atom. The SMILES string of the molecule is Cc1cccnc1C[C@H]1CC2(CCOCC2)CO1. The fraction of sp³-hybridized carbons (Fsp3) is 0.667. The van der Waals surface area contributed by atoms with Crippen molar-refractivity contribution in [2.45, 2.75) is 38.7 Å². The molecule has 0 unspecified atom stereocenters. The molecule has 2 aliphatic rings. The van der Waals surface area contributed by atoms with Crippen LogP contribution in [0.2, 0.25) is 0 Å². The number of hydrogen-bond donors (Lipinski definition) is 0. The molecule has 98 valence electrons. The maximum Gasteiger partial charge on any atom is 0.0637 e. The number of aromatic nitrogens is 1. The van der Waals surface area contributed by atoms with Crippen molar-refractivity contribution in [1.29, 1.82) is 0 Å². The van der Waals surface area contributed by atoms with Crippen LogP contribution in [0, 0.1) is 12.3 Å². The largest absolute Gasteiger partial charge is 0.381 e. The maximum atomic E-state index is 6.01. The molecule has 2 fully saturated rings. The zero-order valence-corrected chi connectivity index (χ0v) is 11.0. The van der Waals surface area contributed by atoms with Gasteiger partial charge in [0.2, 0.25) is 0 Å². The van der Waals surface area contributed by atoms with E-state index in [4.69, 9.17) is 9.47 Å². The number of pyridine rings is 1. The highest BCUT2D eigenvalue weighted by atomic mass is 16.5. The summed E-state index contributed by atoms with van der Waals surface area (Å²) in [5.41, 5.74) is 2.85. The maximum absolute atomic E-state index is 6.01. The standard InChI is InChI=1S/C15H21NO2/c1-12-3-2-6-16-14(12)9-13-10-15(11-18-13)4-7-17-8-5-15/h2-3,6,13H,4-5,7-11H2,1H3/t13-/m0/s1. The summed E-state index contributed by atoms with van der Waals surface area (Å²) in [6.07, 6.45) is 6.66. The molecule has 2 saturated heterocycles. The van der Waals surface area contributed by atoms with Crippen molar-refractivity contribution in [2.24, 2.45) is 5.41 Å². The van der Waals surface area contributed by atoms with Crippen molar-refractivity contribution in [3.63, 3.8) is 0 Å². The van der Waals surface area contributed by atoms with Gasteiger partial charge in [0.1, 0.15) is 0 Å². The Balaban J connectivity index is 1.64. The monoisotopic (exact) mass is 247 g/mol. The van der Waals surface area contributed by atoms with E-state index in [2.05, 4.69) is 18.0 Å². The summed E-state index contributed by atoms with van der Waals surface area (Å²) in [6.45, 7) is 4.84. The third-order valence-electron chi connectivity index (χ3n) is 4.38. The molecule has 0 aromatic carbocycles. The molecule has 1 spiro atoms. The lowest BCUT2D eigenvalue weighted by atomic mass is 9.78. The van der Waals surface area contributed by atoms with E-state index >= 15 is 0 Å². The Morgan fingerprint density at radius 2 is 2.22 bits per heavy atom. The first-order valence-corrected chi connectivity index (χ1v) is 6.87. The van der Waals surface area contributed by atoms with E-state index in [0.29, 0.717) is 11.5 Å². The van der Waals surface area contributed by atoms with Gasteiger partial charge in [0, 0.05) is 36.9 Å². The summed E-state index contributed by atoms with van der Waals surface area (Å²) < 4.78 is 11.5. The average Bonchev–Trinajstić information content (AvgIpc) is 2.76. The number of ether oxygens (including phenoxy) is 2. The van der Waals surface area contributed by atoms with Gasteiger partial charge in [-0.25, -0.2) is 0 Å².